The summed E-state index contributed by atoms with van der Waals surface area (Å²) < 4.78 is 10.6. The minimum absolute atomic E-state index is 0.296. The van der Waals surface area contributed by atoms with Crippen molar-refractivity contribution in [2.75, 3.05) is 28.3 Å². The fraction of sp³-hybridized carbons (Fsp3) is 0.385. The molecule has 10 nitrogen and oxygen atoms in total. The Morgan fingerprint density at radius 2 is 0.861 bits per heavy atom. The van der Waals surface area contributed by atoms with Gasteiger partial charge in [0, 0.05) is 14.1 Å². The molecule has 4 amide bonds. The summed E-state index contributed by atoms with van der Waals surface area (Å²) in [5.74, 6) is -1.39. The molecule has 0 radical (unpaired) electrons. The zero-order chi connectivity index (χ0) is 25.5. The number of amides is 4. The van der Waals surface area contributed by atoms with Gasteiger partial charge in [-0.25, -0.2) is 10.0 Å². The first-order valence-electron chi connectivity index (χ1n) is 11.8. The number of methoxy groups -OCH3 is 2. The average molecular weight is 491 g/mol. The molecule has 4 saturated heterocycles. The Hall–Kier alpha value is -3.76. The number of hydrazine groups is 1. The number of ether oxygens (including phenoxy) is 2. The largest absolute Gasteiger partial charge is 0.497 e. The summed E-state index contributed by atoms with van der Waals surface area (Å²) in [5.41, 5.74) is 1.54. The van der Waals surface area contributed by atoms with Gasteiger partial charge in [-0.05, 0) is 35.4 Å². The van der Waals surface area contributed by atoms with Gasteiger partial charge >= 0.3 is 0 Å². The van der Waals surface area contributed by atoms with Crippen molar-refractivity contribution in [1.29, 1.82) is 0 Å². The number of likely N-dealkylation sites (tertiary alicyclic amines) is 2. The van der Waals surface area contributed by atoms with E-state index >= 15 is 0 Å². The standard InChI is InChI=1S/C26H26N4O6/c1-27-23(31)17-19(13-5-9-15(35-3)10-6-13)30-22-18(24(32)28(2)26(22)34)20(29(30)21(17)25(27)33)14-7-11-16(36-4)12-8-14/h5-12,17-22H,1-4H3/t17-,18-,19+,20+,21-,22+/m1/s1. The highest BCUT2D eigenvalue weighted by atomic mass is 16.5. The van der Waals surface area contributed by atoms with Crippen LogP contribution in [0.15, 0.2) is 48.5 Å². The maximum Gasteiger partial charge on any atom is 0.248 e. The zero-order valence-corrected chi connectivity index (χ0v) is 20.3. The third-order valence-corrected chi connectivity index (χ3v) is 8.08. The van der Waals surface area contributed by atoms with Crippen molar-refractivity contribution in [1.82, 2.24) is 19.8 Å². The quantitative estimate of drug-likeness (QED) is 0.586. The maximum absolute atomic E-state index is 13.5. The summed E-state index contributed by atoms with van der Waals surface area (Å²) in [7, 11) is 6.11. The third kappa shape index (κ3) is 2.79. The van der Waals surface area contributed by atoms with Gasteiger partial charge in [0.2, 0.25) is 23.6 Å². The first-order valence-corrected chi connectivity index (χ1v) is 11.8. The summed E-state index contributed by atoms with van der Waals surface area (Å²) in [6, 6.07) is 11.7. The van der Waals surface area contributed by atoms with E-state index < -0.39 is 36.0 Å². The molecule has 186 valence electrons. The summed E-state index contributed by atoms with van der Waals surface area (Å²) in [6.45, 7) is 0. The van der Waals surface area contributed by atoms with Crippen LogP contribution >= 0.6 is 0 Å². The second kappa shape index (κ2) is 7.87. The Bertz CT molecular complexity index is 1180. The number of hydrogen-bond donors (Lipinski definition) is 0. The van der Waals surface area contributed by atoms with Crippen molar-refractivity contribution in [3.05, 3.63) is 59.7 Å². The molecule has 4 aliphatic heterocycles. The summed E-state index contributed by atoms with van der Waals surface area (Å²) in [6.07, 6.45) is 0. The van der Waals surface area contributed by atoms with Crippen LogP contribution in [0.5, 0.6) is 11.5 Å². The minimum atomic E-state index is -0.821. The number of fused-ring (bicyclic) bond motifs is 5. The highest BCUT2D eigenvalue weighted by Crippen LogP contribution is 2.58. The van der Waals surface area contributed by atoms with Gasteiger partial charge in [0.15, 0.2) is 0 Å². The van der Waals surface area contributed by atoms with Gasteiger partial charge < -0.3 is 9.47 Å². The van der Waals surface area contributed by atoms with Gasteiger partial charge in [0.25, 0.3) is 0 Å². The van der Waals surface area contributed by atoms with E-state index in [-0.39, 0.29) is 23.6 Å². The van der Waals surface area contributed by atoms with E-state index in [4.69, 9.17) is 9.47 Å². The Balaban J connectivity index is 1.55. The summed E-state index contributed by atoms with van der Waals surface area (Å²) >= 11 is 0. The Morgan fingerprint density at radius 3 is 1.17 bits per heavy atom. The summed E-state index contributed by atoms with van der Waals surface area (Å²) in [5, 5.41) is 3.67. The number of carbonyl (C=O) groups excluding carboxylic acids is 4. The van der Waals surface area contributed by atoms with Crippen molar-refractivity contribution < 1.29 is 28.7 Å². The molecule has 0 saturated carbocycles. The van der Waals surface area contributed by atoms with Crippen LogP contribution in [-0.2, 0) is 19.2 Å². The monoisotopic (exact) mass is 490 g/mol. The van der Waals surface area contributed by atoms with E-state index in [1.807, 2.05) is 34.3 Å². The molecule has 2 aromatic rings. The molecule has 0 aromatic heterocycles. The predicted octanol–water partition coefficient (Wildman–Crippen LogP) is 0.999. The molecule has 0 N–H and O–H groups in total. The molecule has 2 aromatic carbocycles. The number of likely N-dealkylation sites (N-methyl/N-ethyl adjacent to an activating group) is 2. The van der Waals surface area contributed by atoms with Gasteiger partial charge in [-0.1, -0.05) is 24.3 Å². The minimum Gasteiger partial charge on any atom is -0.497 e. The Morgan fingerprint density at radius 1 is 0.528 bits per heavy atom. The Kier molecular flexibility index (Phi) is 4.96. The van der Waals surface area contributed by atoms with Crippen molar-refractivity contribution in [3.8, 4) is 11.5 Å². The predicted molar refractivity (Wildman–Crippen MR) is 125 cm³/mol. The molecular weight excluding hydrogens is 464 g/mol. The third-order valence-electron chi connectivity index (χ3n) is 8.08. The lowest BCUT2D eigenvalue weighted by Gasteiger charge is -2.35. The van der Waals surface area contributed by atoms with Crippen LogP contribution in [0.2, 0.25) is 0 Å². The van der Waals surface area contributed by atoms with E-state index in [1.165, 1.54) is 14.1 Å². The van der Waals surface area contributed by atoms with Crippen molar-refractivity contribution in [2.24, 2.45) is 11.8 Å². The smallest absolute Gasteiger partial charge is 0.248 e. The van der Waals surface area contributed by atoms with Crippen LogP contribution in [0.3, 0.4) is 0 Å². The van der Waals surface area contributed by atoms with Crippen LogP contribution in [0, 0.1) is 11.8 Å². The molecule has 6 atom stereocenters. The average Bonchev–Trinajstić information content (AvgIpc) is 3.55. The van der Waals surface area contributed by atoms with Gasteiger partial charge in [-0.15, -0.1) is 0 Å². The van der Waals surface area contributed by atoms with E-state index in [0.29, 0.717) is 11.5 Å². The van der Waals surface area contributed by atoms with Crippen molar-refractivity contribution >= 4 is 23.6 Å². The molecule has 0 bridgehead atoms. The number of nitrogens with zero attached hydrogens (tertiary/aromatic N) is 4. The number of carbonyl (C=O) groups is 4. The number of benzene rings is 2. The molecule has 0 spiro atoms. The molecule has 4 aliphatic rings. The van der Waals surface area contributed by atoms with Crippen LogP contribution in [0.4, 0.5) is 0 Å². The van der Waals surface area contributed by atoms with E-state index in [2.05, 4.69) is 0 Å². The van der Waals surface area contributed by atoms with Gasteiger partial charge in [-0.2, -0.15) is 0 Å². The fourth-order valence-corrected chi connectivity index (χ4v) is 6.38. The molecular formula is C26H26N4O6. The van der Waals surface area contributed by atoms with Crippen LogP contribution in [0.1, 0.15) is 23.2 Å². The van der Waals surface area contributed by atoms with Crippen LogP contribution in [-0.4, -0.2) is 83.8 Å². The molecule has 0 aliphatic carbocycles. The number of hydrogen-bond acceptors (Lipinski definition) is 8. The highest BCUT2D eigenvalue weighted by Gasteiger charge is 2.72. The molecule has 4 fully saturated rings. The lowest BCUT2D eigenvalue weighted by molar-refractivity contribution is -0.151. The normalized spacial score (nSPS) is 31.8. The van der Waals surface area contributed by atoms with E-state index in [0.717, 1.165) is 20.9 Å². The maximum atomic E-state index is 13.5. The summed E-state index contributed by atoms with van der Waals surface area (Å²) in [4.78, 5) is 56.1. The van der Waals surface area contributed by atoms with Gasteiger partial charge in [0.1, 0.15) is 23.6 Å². The molecule has 36 heavy (non-hydrogen) atoms. The van der Waals surface area contributed by atoms with Crippen LogP contribution in [0.25, 0.3) is 0 Å². The second-order valence-electron chi connectivity index (χ2n) is 9.61. The molecule has 6 rings (SSSR count). The first-order chi connectivity index (χ1) is 17.3. The second-order valence-corrected chi connectivity index (χ2v) is 9.61. The number of rotatable bonds is 4. The Labute approximate surface area is 207 Å². The van der Waals surface area contributed by atoms with Gasteiger partial charge in [-0.3, -0.25) is 29.0 Å². The van der Waals surface area contributed by atoms with Crippen molar-refractivity contribution in [3.63, 3.8) is 0 Å². The highest BCUT2D eigenvalue weighted by molar-refractivity contribution is 6.10. The molecule has 4 heterocycles. The van der Waals surface area contributed by atoms with E-state index in [9.17, 15) is 19.2 Å². The van der Waals surface area contributed by atoms with E-state index in [1.54, 1.807) is 38.5 Å². The lowest BCUT2D eigenvalue weighted by Crippen LogP contribution is -2.49. The molecule has 0 unspecified atom stereocenters. The van der Waals surface area contributed by atoms with Crippen molar-refractivity contribution in [2.45, 2.75) is 24.2 Å². The zero-order valence-electron chi connectivity index (χ0n) is 20.3. The number of imide groups is 2. The van der Waals surface area contributed by atoms with Crippen LogP contribution < -0.4 is 9.47 Å². The SMILES string of the molecule is COc1ccc([C@H]2[C@H]3C(=O)N(C)C(=O)[C@@H]3N3[C@@H](c4ccc(OC)cc4)[C@H]4C(=O)N(C)C(=O)[C@H]4N23)cc1. The topological polar surface area (TPSA) is 99.7 Å². The van der Waals surface area contributed by atoms with Gasteiger partial charge in [0.05, 0.1) is 38.1 Å². The lowest BCUT2D eigenvalue weighted by atomic mass is 9.84. The fourth-order valence-electron chi connectivity index (χ4n) is 6.38. The molecule has 10 heteroatoms. The first kappa shape index (κ1) is 22.7.